The molecule has 2 aromatic rings. The van der Waals surface area contributed by atoms with Gasteiger partial charge in [0, 0.05) is 17.0 Å². The zero-order chi connectivity index (χ0) is 13.0. The molecule has 2 rings (SSSR count). The summed E-state index contributed by atoms with van der Waals surface area (Å²) in [5.74, 6) is 1.44. The van der Waals surface area contributed by atoms with Gasteiger partial charge in [0.15, 0.2) is 5.75 Å². The molecule has 0 aliphatic heterocycles. The summed E-state index contributed by atoms with van der Waals surface area (Å²) >= 11 is 7.80. The second kappa shape index (κ2) is 6.14. The van der Waals surface area contributed by atoms with Gasteiger partial charge in [0.25, 0.3) is 0 Å². The maximum atomic E-state index is 6.17. The predicted molar refractivity (Wildman–Crippen MR) is 77.6 cm³/mol. The summed E-state index contributed by atoms with van der Waals surface area (Å²) in [7, 11) is 0. The molecule has 0 radical (unpaired) electrons. The highest BCUT2D eigenvalue weighted by Gasteiger charge is 2.10. The summed E-state index contributed by atoms with van der Waals surface area (Å²) in [5, 5.41) is 0.578. The van der Waals surface area contributed by atoms with Crippen LogP contribution < -0.4 is 10.5 Å². The average molecular weight is 280 g/mol. The lowest BCUT2D eigenvalue weighted by Gasteiger charge is -2.13. The standard InChI is InChI=1S/C14H14ClNOS/c1-18-13-8-3-2-7-12(13)17-14-10(9-16)5-4-6-11(14)15/h2-8H,9,16H2,1H3. The molecule has 0 bridgehead atoms. The van der Waals surface area contributed by atoms with E-state index < -0.39 is 0 Å². The quantitative estimate of drug-likeness (QED) is 0.847. The first-order valence-corrected chi connectivity index (χ1v) is 7.15. The van der Waals surface area contributed by atoms with Gasteiger partial charge < -0.3 is 10.5 Å². The summed E-state index contributed by atoms with van der Waals surface area (Å²) in [5.41, 5.74) is 6.60. The molecule has 94 valence electrons. The molecule has 0 atom stereocenters. The van der Waals surface area contributed by atoms with Crippen molar-refractivity contribution in [1.82, 2.24) is 0 Å². The molecule has 0 aliphatic carbocycles. The highest BCUT2D eigenvalue weighted by molar-refractivity contribution is 7.98. The average Bonchev–Trinajstić information content (AvgIpc) is 2.41. The molecule has 0 amide bonds. The van der Waals surface area contributed by atoms with Crippen LogP contribution in [0.3, 0.4) is 0 Å². The van der Waals surface area contributed by atoms with E-state index in [4.69, 9.17) is 22.1 Å². The van der Waals surface area contributed by atoms with Crippen molar-refractivity contribution in [2.45, 2.75) is 11.4 Å². The van der Waals surface area contributed by atoms with Crippen LogP contribution in [0.5, 0.6) is 11.5 Å². The fourth-order valence-electron chi connectivity index (χ4n) is 1.64. The van der Waals surface area contributed by atoms with E-state index in [1.165, 1.54) is 0 Å². The van der Waals surface area contributed by atoms with Gasteiger partial charge in [0.2, 0.25) is 0 Å². The minimum atomic E-state index is 0.400. The smallest absolute Gasteiger partial charge is 0.150 e. The van der Waals surface area contributed by atoms with Gasteiger partial charge in [-0.1, -0.05) is 35.9 Å². The summed E-state index contributed by atoms with van der Waals surface area (Å²) in [6, 6.07) is 13.5. The lowest BCUT2D eigenvalue weighted by molar-refractivity contribution is 0.465. The summed E-state index contributed by atoms with van der Waals surface area (Å²) in [6.07, 6.45) is 2.01. The molecule has 2 nitrogen and oxygen atoms in total. The van der Waals surface area contributed by atoms with Gasteiger partial charge >= 0.3 is 0 Å². The third kappa shape index (κ3) is 2.80. The predicted octanol–water partition coefficient (Wildman–Crippen LogP) is 4.31. The Morgan fingerprint density at radius 1 is 1.17 bits per heavy atom. The zero-order valence-electron chi connectivity index (χ0n) is 10.0. The number of rotatable bonds is 4. The Morgan fingerprint density at radius 2 is 1.94 bits per heavy atom. The molecular weight excluding hydrogens is 266 g/mol. The number of hydrogen-bond acceptors (Lipinski definition) is 3. The van der Waals surface area contributed by atoms with E-state index in [1.54, 1.807) is 17.8 Å². The van der Waals surface area contributed by atoms with Crippen LogP contribution in [-0.2, 0) is 6.54 Å². The summed E-state index contributed by atoms with van der Waals surface area (Å²) in [4.78, 5) is 1.07. The van der Waals surface area contributed by atoms with Gasteiger partial charge in [-0.05, 0) is 24.5 Å². The molecule has 4 heteroatoms. The number of benzene rings is 2. The Bertz CT molecular complexity index is 545. The van der Waals surface area contributed by atoms with E-state index in [0.717, 1.165) is 16.2 Å². The SMILES string of the molecule is CSc1ccccc1Oc1c(Cl)cccc1CN. The number of thioether (sulfide) groups is 1. The molecule has 2 N–H and O–H groups in total. The van der Waals surface area contributed by atoms with Crippen molar-refractivity contribution in [3.8, 4) is 11.5 Å². The van der Waals surface area contributed by atoms with Crippen molar-refractivity contribution in [3.63, 3.8) is 0 Å². The maximum Gasteiger partial charge on any atom is 0.150 e. The molecule has 2 aromatic carbocycles. The molecule has 0 saturated carbocycles. The first kappa shape index (κ1) is 13.3. The Morgan fingerprint density at radius 3 is 2.67 bits per heavy atom. The second-order valence-corrected chi connectivity index (χ2v) is 4.94. The number of ether oxygens (including phenoxy) is 1. The van der Waals surface area contributed by atoms with Crippen LogP contribution in [0.25, 0.3) is 0 Å². The van der Waals surface area contributed by atoms with Crippen LogP contribution in [0.15, 0.2) is 47.4 Å². The molecule has 0 fully saturated rings. The van der Waals surface area contributed by atoms with Crippen molar-refractivity contribution in [2.75, 3.05) is 6.26 Å². The van der Waals surface area contributed by atoms with Gasteiger partial charge in [-0.3, -0.25) is 0 Å². The van der Waals surface area contributed by atoms with E-state index >= 15 is 0 Å². The van der Waals surface area contributed by atoms with E-state index in [-0.39, 0.29) is 0 Å². The van der Waals surface area contributed by atoms with Gasteiger partial charge in [0.05, 0.1) is 5.02 Å². The third-order valence-corrected chi connectivity index (χ3v) is 3.62. The van der Waals surface area contributed by atoms with Crippen LogP contribution in [-0.4, -0.2) is 6.26 Å². The molecule has 0 spiro atoms. The molecule has 0 heterocycles. The first-order chi connectivity index (χ1) is 8.76. The van der Waals surface area contributed by atoms with Crippen LogP contribution in [0, 0.1) is 0 Å². The van der Waals surface area contributed by atoms with E-state index in [2.05, 4.69) is 0 Å². The molecular formula is C14H14ClNOS. The molecule has 0 aliphatic rings. The molecule has 18 heavy (non-hydrogen) atoms. The third-order valence-electron chi connectivity index (χ3n) is 2.55. The number of nitrogens with two attached hydrogens (primary N) is 1. The minimum absolute atomic E-state index is 0.400. The second-order valence-electron chi connectivity index (χ2n) is 3.69. The van der Waals surface area contributed by atoms with Gasteiger partial charge in [-0.2, -0.15) is 0 Å². The van der Waals surface area contributed by atoms with Crippen molar-refractivity contribution in [3.05, 3.63) is 53.1 Å². The summed E-state index contributed by atoms with van der Waals surface area (Å²) in [6.45, 7) is 0.400. The van der Waals surface area contributed by atoms with Crippen molar-refractivity contribution in [1.29, 1.82) is 0 Å². The maximum absolute atomic E-state index is 6.17. The van der Waals surface area contributed by atoms with Crippen LogP contribution in [0.2, 0.25) is 5.02 Å². The highest BCUT2D eigenvalue weighted by atomic mass is 35.5. The van der Waals surface area contributed by atoms with Crippen molar-refractivity contribution < 1.29 is 4.74 Å². The molecule has 0 unspecified atom stereocenters. The molecule has 0 aromatic heterocycles. The fourth-order valence-corrected chi connectivity index (χ4v) is 2.40. The summed E-state index contributed by atoms with van der Waals surface area (Å²) < 4.78 is 5.92. The van der Waals surface area contributed by atoms with Crippen molar-refractivity contribution >= 4 is 23.4 Å². The van der Waals surface area contributed by atoms with Crippen LogP contribution >= 0.6 is 23.4 Å². The van der Waals surface area contributed by atoms with E-state index in [1.807, 2.05) is 42.7 Å². The largest absolute Gasteiger partial charge is 0.454 e. The lowest BCUT2D eigenvalue weighted by Crippen LogP contribution is -2.00. The topological polar surface area (TPSA) is 35.2 Å². The normalized spacial score (nSPS) is 10.4. The van der Waals surface area contributed by atoms with Gasteiger partial charge in [0.1, 0.15) is 5.75 Å². The number of halogens is 1. The Kier molecular flexibility index (Phi) is 4.53. The minimum Gasteiger partial charge on any atom is -0.454 e. The van der Waals surface area contributed by atoms with E-state index in [9.17, 15) is 0 Å². The van der Waals surface area contributed by atoms with Crippen LogP contribution in [0.1, 0.15) is 5.56 Å². The zero-order valence-corrected chi connectivity index (χ0v) is 11.6. The van der Waals surface area contributed by atoms with Gasteiger partial charge in [-0.25, -0.2) is 0 Å². The number of para-hydroxylation sites is 2. The molecule has 0 saturated heterocycles. The van der Waals surface area contributed by atoms with Crippen LogP contribution in [0.4, 0.5) is 0 Å². The lowest BCUT2D eigenvalue weighted by atomic mass is 10.2. The first-order valence-electron chi connectivity index (χ1n) is 5.54. The Balaban J connectivity index is 2.39. The monoisotopic (exact) mass is 279 g/mol. The number of hydrogen-bond donors (Lipinski definition) is 1. The Labute approximate surface area is 116 Å². The fraction of sp³-hybridized carbons (Fsp3) is 0.143. The van der Waals surface area contributed by atoms with Crippen molar-refractivity contribution in [2.24, 2.45) is 5.73 Å². The van der Waals surface area contributed by atoms with E-state index in [0.29, 0.717) is 17.3 Å². The highest BCUT2D eigenvalue weighted by Crippen LogP contribution is 2.36. The Hall–Kier alpha value is -1.16. The van der Waals surface area contributed by atoms with Gasteiger partial charge in [-0.15, -0.1) is 11.8 Å².